The third-order valence-electron chi connectivity index (χ3n) is 4.02. The Bertz CT molecular complexity index is 720. The monoisotopic (exact) mass is 317 g/mol. The van der Waals surface area contributed by atoms with Crippen molar-refractivity contribution in [3.63, 3.8) is 0 Å². The molecule has 3 rings (SSSR count). The van der Waals surface area contributed by atoms with Gasteiger partial charge in [0.2, 0.25) is 0 Å². The number of primary amides is 1. The molecule has 1 unspecified atom stereocenters. The number of rotatable bonds is 4. The summed E-state index contributed by atoms with van der Waals surface area (Å²) in [5.41, 5.74) is 6.60. The molecule has 3 amide bonds. The summed E-state index contributed by atoms with van der Waals surface area (Å²) in [7, 11) is 1.88. The van der Waals surface area contributed by atoms with Crippen molar-refractivity contribution in [3.8, 4) is 0 Å². The van der Waals surface area contributed by atoms with Gasteiger partial charge in [0, 0.05) is 32.3 Å². The molecule has 0 radical (unpaired) electrons. The molecule has 0 aromatic carbocycles. The summed E-state index contributed by atoms with van der Waals surface area (Å²) in [4.78, 5) is 25.0. The topological polar surface area (TPSA) is 106 Å². The predicted molar refractivity (Wildman–Crippen MR) is 81.6 cm³/mol. The maximum absolute atomic E-state index is 12.2. The van der Waals surface area contributed by atoms with E-state index in [0.717, 1.165) is 12.0 Å². The number of nitrogens with one attached hydrogen (secondary N) is 1. The zero-order valence-corrected chi connectivity index (χ0v) is 12.9. The Morgan fingerprint density at radius 2 is 2.35 bits per heavy atom. The Kier molecular flexibility index (Phi) is 4.05. The van der Waals surface area contributed by atoms with Gasteiger partial charge in [0.25, 0.3) is 5.91 Å². The Morgan fingerprint density at radius 3 is 3.00 bits per heavy atom. The van der Waals surface area contributed by atoms with Crippen LogP contribution >= 0.6 is 0 Å². The van der Waals surface area contributed by atoms with E-state index in [2.05, 4.69) is 10.4 Å². The summed E-state index contributed by atoms with van der Waals surface area (Å²) < 4.78 is 6.96. The Morgan fingerprint density at radius 1 is 1.52 bits per heavy atom. The molecular weight excluding hydrogens is 298 g/mol. The normalized spacial score (nSPS) is 17.4. The van der Waals surface area contributed by atoms with Gasteiger partial charge in [-0.1, -0.05) is 0 Å². The van der Waals surface area contributed by atoms with E-state index in [0.29, 0.717) is 30.3 Å². The molecule has 2 aromatic heterocycles. The molecule has 3 N–H and O–H groups in total. The van der Waals surface area contributed by atoms with Crippen LogP contribution in [0.25, 0.3) is 0 Å². The lowest BCUT2D eigenvalue weighted by atomic mass is 10.0. The molecule has 23 heavy (non-hydrogen) atoms. The van der Waals surface area contributed by atoms with Crippen LogP contribution in [-0.4, -0.2) is 39.7 Å². The quantitative estimate of drug-likeness (QED) is 0.870. The summed E-state index contributed by atoms with van der Waals surface area (Å²) in [5.74, 6) is 0.264. The summed E-state index contributed by atoms with van der Waals surface area (Å²) in [6.07, 6.45) is 6.05. The van der Waals surface area contributed by atoms with E-state index in [1.807, 2.05) is 19.4 Å². The number of likely N-dealkylation sites (tertiary alicyclic amines) is 1. The smallest absolute Gasteiger partial charge is 0.317 e. The Labute approximate surface area is 133 Å². The van der Waals surface area contributed by atoms with Gasteiger partial charge in [0.05, 0.1) is 18.3 Å². The van der Waals surface area contributed by atoms with Crippen molar-refractivity contribution in [2.75, 3.05) is 13.1 Å². The number of hydrogen-bond acceptors (Lipinski definition) is 4. The van der Waals surface area contributed by atoms with Crippen LogP contribution in [0.2, 0.25) is 0 Å². The number of carbonyl (C=O) groups excluding carboxylic acids is 2. The maximum atomic E-state index is 12.2. The summed E-state index contributed by atoms with van der Waals surface area (Å²) in [5, 5.41) is 6.96. The van der Waals surface area contributed by atoms with E-state index in [1.54, 1.807) is 9.58 Å². The van der Waals surface area contributed by atoms with Gasteiger partial charge in [0.1, 0.15) is 12.0 Å². The van der Waals surface area contributed by atoms with Crippen molar-refractivity contribution in [1.29, 1.82) is 0 Å². The minimum Gasteiger partial charge on any atom is -0.467 e. The highest BCUT2D eigenvalue weighted by molar-refractivity contribution is 5.92. The number of furan rings is 1. The Balaban J connectivity index is 1.51. The van der Waals surface area contributed by atoms with Gasteiger partial charge in [-0.15, -0.1) is 0 Å². The average Bonchev–Trinajstić information content (AvgIpc) is 3.24. The lowest BCUT2D eigenvalue weighted by Crippen LogP contribution is -2.37. The van der Waals surface area contributed by atoms with E-state index < -0.39 is 5.91 Å². The average molecular weight is 317 g/mol. The predicted octanol–water partition coefficient (Wildman–Crippen LogP) is 0.811. The molecular formula is C15H19N5O3. The molecule has 0 bridgehead atoms. The van der Waals surface area contributed by atoms with Gasteiger partial charge in [-0.25, -0.2) is 4.79 Å². The van der Waals surface area contributed by atoms with Crippen LogP contribution in [0.5, 0.6) is 0 Å². The maximum Gasteiger partial charge on any atom is 0.317 e. The fourth-order valence-corrected chi connectivity index (χ4v) is 2.74. The number of carbonyl (C=O) groups is 2. The SMILES string of the molecule is Cn1cc(C2CCN(C(=O)NCc3cc(C(N)=O)co3)C2)cn1. The highest BCUT2D eigenvalue weighted by Crippen LogP contribution is 2.26. The highest BCUT2D eigenvalue weighted by Gasteiger charge is 2.28. The van der Waals surface area contributed by atoms with Crippen molar-refractivity contribution in [2.24, 2.45) is 12.8 Å². The zero-order valence-electron chi connectivity index (χ0n) is 12.9. The van der Waals surface area contributed by atoms with Crippen molar-refractivity contribution >= 4 is 11.9 Å². The lowest BCUT2D eigenvalue weighted by Gasteiger charge is -2.16. The standard InChI is InChI=1S/C15H19N5O3/c1-19-7-12(5-18-19)10-2-3-20(8-10)15(22)17-6-13-4-11(9-23-13)14(16)21/h4-5,7,9-10H,2-3,6,8H2,1H3,(H2,16,21)(H,17,22). The van der Waals surface area contributed by atoms with E-state index in [9.17, 15) is 9.59 Å². The summed E-state index contributed by atoms with van der Waals surface area (Å²) >= 11 is 0. The summed E-state index contributed by atoms with van der Waals surface area (Å²) in [6.45, 7) is 1.60. The molecule has 0 saturated carbocycles. The van der Waals surface area contributed by atoms with Gasteiger partial charge >= 0.3 is 6.03 Å². The van der Waals surface area contributed by atoms with Crippen molar-refractivity contribution in [3.05, 3.63) is 41.6 Å². The van der Waals surface area contributed by atoms with Crippen LogP contribution < -0.4 is 11.1 Å². The highest BCUT2D eigenvalue weighted by atomic mass is 16.3. The number of nitrogens with two attached hydrogens (primary N) is 1. The third-order valence-corrected chi connectivity index (χ3v) is 4.02. The second-order valence-corrected chi connectivity index (χ2v) is 5.70. The van der Waals surface area contributed by atoms with Crippen LogP contribution in [-0.2, 0) is 13.6 Å². The van der Waals surface area contributed by atoms with Gasteiger partial charge < -0.3 is 20.4 Å². The number of amides is 3. The molecule has 1 aliphatic heterocycles. The first-order valence-corrected chi connectivity index (χ1v) is 7.41. The van der Waals surface area contributed by atoms with Crippen LogP contribution in [0.1, 0.15) is 34.0 Å². The van der Waals surface area contributed by atoms with E-state index >= 15 is 0 Å². The molecule has 8 heteroatoms. The second kappa shape index (κ2) is 6.15. The minimum atomic E-state index is -0.551. The van der Waals surface area contributed by atoms with Crippen molar-refractivity contribution < 1.29 is 14.0 Å². The molecule has 0 aliphatic carbocycles. The van der Waals surface area contributed by atoms with Crippen molar-refractivity contribution in [2.45, 2.75) is 18.9 Å². The molecule has 1 fully saturated rings. The molecule has 0 spiro atoms. The number of urea groups is 1. The fourth-order valence-electron chi connectivity index (χ4n) is 2.74. The summed E-state index contributed by atoms with van der Waals surface area (Å²) in [6, 6.07) is 1.39. The zero-order chi connectivity index (χ0) is 16.4. The van der Waals surface area contributed by atoms with Crippen LogP contribution in [0, 0.1) is 0 Å². The van der Waals surface area contributed by atoms with Crippen molar-refractivity contribution in [1.82, 2.24) is 20.0 Å². The van der Waals surface area contributed by atoms with Crippen LogP contribution in [0.15, 0.2) is 29.1 Å². The minimum absolute atomic E-state index is 0.145. The molecule has 2 aromatic rings. The molecule has 122 valence electrons. The van der Waals surface area contributed by atoms with Gasteiger partial charge in [-0.05, 0) is 18.1 Å². The largest absolute Gasteiger partial charge is 0.467 e. The lowest BCUT2D eigenvalue weighted by molar-refractivity contribution is 0.0999. The molecule has 1 aliphatic rings. The van der Waals surface area contributed by atoms with Crippen LogP contribution in [0.4, 0.5) is 4.79 Å². The van der Waals surface area contributed by atoms with E-state index in [-0.39, 0.29) is 12.6 Å². The van der Waals surface area contributed by atoms with Gasteiger partial charge in [-0.2, -0.15) is 5.10 Å². The van der Waals surface area contributed by atoms with Gasteiger partial charge in [-0.3, -0.25) is 9.48 Å². The van der Waals surface area contributed by atoms with E-state index in [1.165, 1.54) is 12.3 Å². The first-order chi connectivity index (χ1) is 11.0. The third kappa shape index (κ3) is 3.36. The molecule has 8 nitrogen and oxygen atoms in total. The first-order valence-electron chi connectivity index (χ1n) is 7.41. The van der Waals surface area contributed by atoms with E-state index in [4.69, 9.17) is 10.2 Å². The molecule has 1 saturated heterocycles. The fraction of sp³-hybridized carbons (Fsp3) is 0.400. The number of aryl methyl sites for hydroxylation is 1. The van der Waals surface area contributed by atoms with Crippen LogP contribution in [0.3, 0.4) is 0 Å². The molecule has 1 atom stereocenters. The Hall–Kier alpha value is -2.77. The van der Waals surface area contributed by atoms with Gasteiger partial charge in [0.15, 0.2) is 0 Å². The second-order valence-electron chi connectivity index (χ2n) is 5.70. The first kappa shape index (κ1) is 15.1. The molecule has 3 heterocycles. The number of aromatic nitrogens is 2. The number of nitrogens with zero attached hydrogens (tertiary/aromatic N) is 3. The number of hydrogen-bond donors (Lipinski definition) is 2.